The highest BCUT2D eigenvalue weighted by molar-refractivity contribution is 6.30. The highest BCUT2D eigenvalue weighted by atomic mass is 35.5. The summed E-state index contributed by atoms with van der Waals surface area (Å²) in [5.74, 6) is -1.24. The van der Waals surface area contributed by atoms with Crippen LogP contribution in [-0.4, -0.2) is 0 Å². The molecular formula is C15H12Cl2F2. The average molecular weight is 301 g/mol. The number of rotatable bonds is 3. The predicted octanol–water partition coefficient (Wildman–Crippen LogP) is 5.45. The molecule has 0 nitrogen and oxygen atoms in total. The van der Waals surface area contributed by atoms with E-state index < -0.39 is 17.0 Å². The Balaban J connectivity index is 2.22. The van der Waals surface area contributed by atoms with Crippen LogP contribution >= 0.6 is 23.2 Å². The normalized spacial score (nSPS) is 12.5. The summed E-state index contributed by atoms with van der Waals surface area (Å²) in [7, 11) is 0. The molecule has 0 aliphatic rings. The monoisotopic (exact) mass is 300 g/mol. The van der Waals surface area contributed by atoms with Crippen LogP contribution in [0.3, 0.4) is 0 Å². The van der Waals surface area contributed by atoms with Gasteiger partial charge in [0.2, 0.25) is 0 Å². The van der Waals surface area contributed by atoms with E-state index in [2.05, 4.69) is 0 Å². The minimum atomic E-state index is -0.660. The van der Waals surface area contributed by atoms with E-state index >= 15 is 0 Å². The van der Waals surface area contributed by atoms with E-state index in [1.165, 1.54) is 0 Å². The summed E-state index contributed by atoms with van der Waals surface area (Å²) in [6, 6.07) is 9.78. The van der Waals surface area contributed by atoms with Crippen LogP contribution in [0.1, 0.15) is 22.1 Å². The van der Waals surface area contributed by atoms with Crippen LogP contribution < -0.4 is 0 Å². The van der Waals surface area contributed by atoms with E-state index in [4.69, 9.17) is 23.2 Å². The minimum Gasteiger partial charge on any atom is -0.207 e. The Morgan fingerprint density at radius 3 is 2.32 bits per heavy atom. The van der Waals surface area contributed by atoms with Crippen molar-refractivity contribution in [2.24, 2.45) is 0 Å². The van der Waals surface area contributed by atoms with Crippen LogP contribution in [0.25, 0.3) is 0 Å². The zero-order chi connectivity index (χ0) is 14.0. The predicted molar refractivity (Wildman–Crippen MR) is 74.8 cm³/mol. The molecule has 0 N–H and O–H groups in total. The van der Waals surface area contributed by atoms with Crippen molar-refractivity contribution in [2.45, 2.75) is 18.7 Å². The van der Waals surface area contributed by atoms with Crippen molar-refractivity contribution in [3.8, 4) is 0 Å². The van der Waals surface area contributed by atoms with Gasteiger partial charge in [0, 0.05) is 5.56 Å². The molecule has 2 aromatic carbocycles. The second-order valence-corrected chi connectivity index (χ2v) is 5.38. The topological polar surface area (TPSA) is 0 Å². The first-order chi connectivity index (χ1) is 8.97. The van der Waals surface area contributed by atoms with Gasteiger partial charge in [-0.25, -0.2) is 8.78 Å². The molecular weight excluding hydrogens is 289 g/mol. The summed E-state index contributed by atoms with van der Waals surface area (Å²) in [5.41, 5.74) is 2.24. The van der Waals surface area contributed by atoms with Gasteiger partial charge >= 0.3 is 0 Å². The van der Waals surface area contributed by atoms with Crippen molar-refractivity contribution < 1.29 is 8.78 Å². The summed E-state index contributed by atoms with van der Waals surface area (Å²) in [6.07, 6.45) is 0.430. The van der Waals surface area contributed by atoms with Crippen LogP contribution in [-0.2, 0) is 6.42 Å². The number of alkyl halides is 1. The van der Waals surface area contributed by atoms with Gasteiger partial charge in [-0.05, 0) is 31.0 Å². The third kappa shape index (κ3) is 3.46. The van der Waals surface area contributed by atoms with Crippen LogP contribution in [0, 0.1) is 18.6 Å². The SMILES string of the molecule is Cc1ccc(CC(Cl)c2cc(F)c(Cl)cc2F)cc1. The maximum Gasteiger partial charge on any atom is 0.142 e. The van der Waals surface area contributed by atoms with Crippen LogP contribution in [0.2, 0.25) is 5.02 Å². The van der Waals surface area contributed by atoms with E-state index in [1.54, 1.807) is 0 Å². The van der Waals surface area contributed by atoms with E-state index in [0.29, 0.717) is 6.42 Å². The number of halogens is 4. The Kier molecular flexibility index (Phi) is 4.43. The summed E-state index contributed by atoms with van der Waals surface area (Å²) < 4.78 is 27.1. The molecule has 2 rings (SSSR count). The highest BCUT2D eigenvalue weighted by Crippen LogP contribution is 2.30. The third-order valence-electron chi connectivity index (χ3n) is 2.91. The molecule has 1 atom stereocenters. The smallest absolute Gasteiger partial charge is 0.142 e. The second-order valence-electron chi connectivity index (χ2n) is 4.45. The van der Waals surface area contributed by atoms with E-state index in [1.807, 2.05) is 31.2 Å². The van der Waals surface area contributed by atoms with Crippen LogP contribution in [0.4, 0.5) is 8.78 Å². The van der Waals surface area contributed by atoms with E-state index in [0.717, 1.165) is 23.3 Å². The maximum absolute atomic E-state index is 13.7. The average Bonchev–Trinajstić information content (AvgIpc) is 2.36. The molecule has 0 saturated carbocycles. The quantitative estimate of drug-likeness (QED) is 0.522. The Hall–Kier alpha value is -1.12. The molecule has 0 radical (unpaired) electrons. The molecule has 0 bridgehead atoms. The third-order valence-corrected chi connectivity index (χ3v) is 3.59. The fraction of sp³-hybridized carbons (Fsp3) is 0.200. The van der Waals surface area contributed by atoms with Gasteiger partial charge in [-0.3, -0.25) is 0 Å². The molecule has 0 aromatic heterocycles. The summed E-state index contributed by atoms with van der Waals surface area (Å²) >= 11 is 11.7. The molecule has 19 heavy (non-hydrogen) atoms. The lowest BCUT2D eigenvalue weighted by Crippen LogP contribution is -2.00. The fourth-order valence-electron chi connectivity index (χ4n) is 1.82. The van der Waals surface area contributed by atoms with Gasteiger partial charge in [0.15, 0.2) is 0 Å². The van der Waals surface area contributed by atoms with Gasteiger partial charge in [-0.1, -0.05) is 41.4 Å². The molecule has 0 fully saturated rings. The molecule has 0 amide bonds. The van der Waals surface area contributed by atoms with Crippen molar-refractivity contribution in [3.05, 3.63) is 69.7 Å². The van der Waals surface area contributed by atoms with Crippen molar-refractivity contribution in [3.63, 3.8) is 0 Å². The minimum absolute atomic E-state index is 0.129. The largest absolute Gasteiger partial charge is 0.207 e. The fourth-order valence-corrected chi connectivity index (χ4v) is 2.31. The van der Waals surface area contributed by atoms with E-state index in [-0.39, 0.29) is 10.6 Å². The molecule has 0 aliphatic heterocycles. The molecule has 0 spiro atoms. The number of benzene rings is 2. The summed E-state index contributed by atoms with van der Waals surface area (Å²) in [4.78, 5) is 0. The maximum atomic E-state index is 13.7. The van der Waals surface area contributed by atoms with Gasteiger partial charge in [0.1, 0.15) is 11.6 Å². The molecule has 0 aliphatic carbocycles. The molecule has 100 valence electrons. The first-order valence-corrected chi connectivity index (χ1v) is 6.63. The standard InChI is InChI=1S/C15H12Cl2F2/c1-9-2-4-10(5-3-9)6-12(16)11-7-15(19)13(17)8-14(11)18/h2-5,7-8,12H,6H2,1H3. The molecule has 2 aromatic rings. The van der Waals surface area contributed by atoms with Gasteiger partial charge in [-0.2, -0.15) is 0 Å². The lowest BCUT2D eigenvalue weighted by molar-refractivity contribution is 0.582. The van der Waals surface area contributed by atoms with Gasteiger partial charge < -0.3 is 0 Å². The number of hydrogen-bond acceptors (Lipinski definition) is 0. The Morgan fingerprint density at radius 2 is 1.68 bits per heavy atom. The van der Waals surface area contributed by atoms with Gasteiger partial charge in [-0.15, -0.1) is 11.6 Å². The lowest BCUT2D eigenvalue weighted by atomic mass is 10.0. The van der Waals surface area contributed by atoms with Crippen LogP contribution in [0.5, 0.6) is 0 Å². The van der Waals surface area contributed by atoms with E-state index in [9.17, 15) is 8.78 Å². The molecule has 1 unspecified atom stereocenters. The zero-order valence-electron chi connectivity index (χ0n) is 10.3. The zero-order valence-corrected chi connectivity index (χ0v) is 11.8. The highest BCUT2D eigenvalue weighted by Gasteiger charge is 2.16. The first kappa shape index (κ1) is 14.3. The molecule has 0 heterocycles. The first-order valence-electron chi connectivity index (χ1n) is 5.81. The molecule has 0 saturated heterocycles. The summed E-state index contributed by atoms with van der Waals surface area (Å²) in [6.45, 7) is 1.98. The Labute approximate surface area is 121 Å². The van der Waals surface area contributed by atoms with Crippen LogP contribution in [0.15, 0.2) is 36.4 Å². The van der Waals surface area contributed by atoms with Crippen molar-refractivity contribution >= 4 is 23.2 Å². The second kappa shape index (κ2) is 5.89. The van der Waals surface area contributed by atoms with Gasteiger partial charge in [0.05, 0.1) is 10.4 Å². The Bertz CT molecular complexity index is 579. The van der Waals surface area contributed by atoms with Crippen molar-refractivity contribution in [2.75, 3.05) is 0 Å². The number of aryl methyl sites for hydroxylation is 1. The lowest BCUT2D eigenvalue weighted by Gasteiger charge is -2.12. The Morgan fingerprint density at radius 1 is 1.05 bits per heavy atom. The summed E-state index contributed by atoms with van der Waals surface area (Å²) in [5, 5.41) is -0.866. The van der Waals surface area contributed by atoms with Crippen molar-refractivity contribution in [1.29, 1.82) is 0 Å². The van der Waals surface area contributed by atoms with Gasteiger partial charge in [0.25, 0.3) is 0 Å². The number of hydrogen-bond donors (Lipinski definition) is 0. The van der Waals surface area contributed by atoms with Crippen molar-refractivity contribution in [1.82, 2.24) is 0 Å². The molecule has 4 heteroatoms.